The maximum absolute atomic E-state index is 10.8. The normalized spacial score (nSPS) is 22.3. The summed E-state index contributed by atoms with van der Waals surface area (Å²) in [5, 5.41) is 0. The second-order valence-electron chi connectivity index (χ2n) is 3.29. The van der Waals surface area contributed by atoms with E-state index in [1.54, 1.807) is 0 Å². The van der Waals surface area contributed by atoms with E-state index >= 15 is 0 Å². The largest absolute Gasteiger partial charge is 0.366 e. The molecule has 0 radical (unpaired) electrons. The highest BCUT2D eigenvalue weighted by atomic mass is 16.1. The molecule has 0 aromatic carbocycles. The molecule has 0 aromatic rings. The van der Waals surface area contributed by atoms with Crippen LogP contribution in [0.3, 0.4) is 0 Å². The molecule has 64 valence electrons. The third kappa shape index (κ3) is 1.35. The van der Waals surface area contributed by atoms with Crippen LogP contribution in [0.25, 0.3) is 0 Å². The molecule has 0 saturated heterocycles. The smallest absolute Gasteiger partial charge is 0.246 e. The van der Waals surface area contributed by atoms with E-state index in [9.17, 15) is 4.79 Å². The quantitative estimate of drug-likeness (QED) is 0.654. The number of allylic oxidation sites excluding steroid dienone is 1. The number of carbonyl (C=O) groups is 1. The second-order valence-corrected chi connectivity index (χ2v) is 3.29. The summed E-state index contributed by atoms with van der Waals surface area (Å²) in [5.74, 6) is -0.301. The van der Waals surface area contributed by atoms with Crippen molar-refractivity contribution in [2.75, 3.05) is 0 Å². The Kier molecular flexibility index (Phi) is 1.64. The molecular formula is C9H12N2O. The zero-order chi connectivity index (χ0) is 8.55. The average molecular weight is 164 g/mol. The Morgan fingerprint density at radius 3 is 2.92 bits per heavy atom. The lowest BCUT2D eigenvalue weighted by molar-refractivity contribution is -0.114. The molecule has 12 heavy (non-hydrogen) atoms. The van der Waals surface area contributed by atoms with E-state index in [2.05, 4.69) is 4.90 Å². The molecular weight excluding hydrogens is 152 g/mol. The maximum atomic E-state index is 10.8. The van der Waals surface area contributed by atoms with Gasteiger partial charge in [0.25, 0.3) is 0 Å². The van der Waals surface area contributed by atoms with Gasteiger partial charge in [-0.1, -0.05) is 6.08 Å². The predicted octanol–water partition coefficient (Wildman–Crippen LogP) is 0.737. The summed E-state index contributed by atoms with van der Waals surface area (Å²) in [6.07, 6.45) is 9.03. The summed E-state index contributed by atoms with van der Waals surface area (Å²) < 4.78 is 0. The van der Waals surface area contributed by atoms with E-state index in [-0.39, 0.29) is 5.91 Å². The topological polar surface area (TPSA) is 46.3 Å². The van der Waals surface area contributed by atoms with Crippen molar-refractivity contribution in [2.24, 2.45) is 5.73 Å². The first-order valence-corrected chi connectivity index (χ1v) is 4.22. The minimum Gasteiger partial charge on any atom is -0.366 e. The first-order valence-electron chi connectivity index (χ1n) is 4.22. The van der Waals surface area contributed by atoms with Gasteiger partial charge in [-0.05, 0) is 19.3 Å². The summed E-state index contributed by atoms with van der Waals surface area (Å²) in [7, 11) is 0. The van der Waals surface area contributed by atoms with Gasteiger partial charge in [0, 0.05) is 24.0 Å². The van der Waals surface area contributed by atoms with Crippen LogP contribution in [0.4, 0.5) is 0 Å². The first kappa shape index (κ1) is 7.40. The fourth-order valence-corrected chi connectivity index (χ4v) is 1.34. The number of hydrogen-bond acceptors (Lipinski definition) is 2. The van der Waals surface area contributed by atoms with Gasteiger partial charge >= 0.3 is 0 Å². The van der Waals surface area contributed by atoms with Crippen LogP contribution >= 0.6 is 0 Å². The predicted molar refractivity (Wildman–Crippen MR) is 45.9 cm³/mol. The van der Waals surface area contributed by atoms with E-state index in [0.29, 0.717) is 18.0 Å². The number of nitrogens with two attached hydrogens (primary N) is 1. The van der Waals surface area contributed by atoms with Crippen molar-refractivity contribution in [3.05, 3.63) is 24.0 Å². The monoisotopic (exact) mass is 164 g/mol. The molecule has 0 unspecified atom stereocenters. The van der Waals surface area contributed by atoms with Crippen molar-refractivity contribution < 1.29 is 4.79 Å². The van der Waals surface area contributed by atoms with Crippen molar-refractivity contribution in [2.45, 2.75) is 25.3 Å². The van der Waals surface area contributed by atoms with Crippen molar-refractivity contribution in [1.82, 2.24) is 4.90 Å². The maximum Gasteiger partial charge on any atom is 0.246 e. The van der Waals surface area contributed by atoms with Crippen LogP contribution in [-0.4, -0.2) is 16.8 Å². The lowest BCUT2D eigenvalue weighted by Gasteiger charge is -2.19. The minimum absolute atomic E-state index is 0.301. The molecule has 0 aromatic heterocycles. The van der Waals surface area contributed by atoms with Gasteiger partial charge in [0.15, 0.2) is 0 Å². The molecule has 2 N–H and O–H groups in total. The van der Waals surface area contributed by atoms with E-state index in [4.69, 9.17) is 5.73 Å². The van der Waals surface area contributed by atoms with Crippen LogP contribution in [0.5, 0.6) is 0 Å². The van der Waals surface area contributed by atoms with E-state index in [0.717, 1.165) is 0 Å². The summed E-state index contributed by atoms with van der Waals surface area (Å²) in [6, 6.07) is 0.621. The molecule has 0 bridgehead atoms. The van der Waals surface area contributed by atoms with Crippen molar-refractivity contribution in [3.8, 4) is 0 Å². The average Bonchev–Trinajstić information content (AvgIpc) is 2.87. The Bertz CT molecular complexity index is 264. The van der Waals surface area contributed by atoms with Crippen molar-refractivity contribution in [1.29, 1.82) is 0 Å². The van der Waals surface area contributed by atoms with Gasteiger partial charge in [-0.25, -0.2) is 0 Å². The molecule has 1 amide bonds. The van der Waals surface area contributed by atoms with Gasteiger partial charge in [-0.2, -0.15) is 0 Å². The second kappa shape index (κ2) is 2.66. The summed E-state index contributed by atoms with van der Waals surface area (Å²) >= 11 is 0. The zero-order valence-corrected chi connectivity index (χ0v) is 6.86. The van der Waals surface area contributed by atoms with Crippen LogP contribution < -0.4 is 5.73 Å². The van der Waals surface area contributed by atoms with E-state index in [1.165, 1.54) is 12.8 Å². The fraction of sp³-hybridized carbons (Fsp3) is 0.444. The van der Waals surface area contributed by atoms with Crippen LogP contribution in [0.1, 0.15) is 19.3 Å². The number of amides is 1. The Morgan fingerprint density at radius 2 is 2.33 bits per heavy atom. The number of carbonyl (C=O) groups excluding carboxylic acids is 1. The lowest BCUT2D eigenvalue weighted by Crippen LogP contribution is -2.21. The van der Waals surface area contributed by atoms with Gasteiger partial charge < -0.3 is 10.6 Å². The first-order chi connectivity index (χ1) is 5.77. The van der Waals surface area contributed by atoms with Gasteiger partial charge in [-0.3, -0.25) is 4.79 Å². The lowest BCUT2D eigenvalue weighted by atomic mass is 10.1. The summed E-state index contributed by atoms with van der Waals surface area (Å²) in [4.78, 5) is 12.9. The zero-order valence-electron chi connectivity index (χ0n) is 6.86. The summed E-state index contributed by atoms with van der Waals surface area (Å²) in [6.45, 7) is 0. The molecule has 1 fully saturated rings. The molecule has 2 aliphatic rings. The van der Waals surface area contributed by atoms with E-state index in [1.807, 2.05) is 18.5 Å². The number of rotatable bonds is 2. The molecule has 0 atom stereocenters. The van der Waals surface area contributed by atoms with Crippen molar-refractivity contribution in [3.63, 3.8) is 0 Å². The van der Waals surface area contributed by atoms with Crippen LogP contribution in [0.15, 0.2) is 24.0 Å². The molecule has 1 heterocycles. The standard InChI is InChI=1S/C9H12N2O/c10-9(12)7-2-1-5-11(6-7)8-3-4-8/h1,5-6,8H,2-4H2,(H2,10,12). The highest BCUT2D eigenvalue weighted by molar-refractivity contribution is 5.92. The number of primary amides is 1. The Hall–Kier alpha value is -1.25. The van der Waals surface area contributed by atoms with Gasteiger partial charge in [0.05, 0.1) is 0 Å². The SMILES string of the molecule is NC(=O)C1=CN(C2CC2)C=CC1. The fourth-order valence-electron chi connectivity index (χ4n) is 1.34. The minimum atomic E-state index is -0.301. The molecule has 0 spiro atoms. The van der Waals surface area contributed by atoms with Crippen molar-refractivity contribution >= 4 is 5.91 Å². The van der Waals surface area contributed by atoms with Crippen LogP contribution in [-0.2, 0) is 4.79 Å². The Balaban J connectivity index is 2.10. The highest BCUT2D eigenvalue weighted by Gasteiger charge is 2.27. The molecule has 1 aliphatic carbocycles. The van der Waals surface area contributed by atoms with E-state index < -0.39 is 0 Å². The number of nitrogens with zero attached hydrogens (tertiary/aromatic N) is 1. The molecule has 3 heteroatoms. The number of hydrogen-bond donors (Lipinski definition) is 1. The van der Waals surface area contributed by atoms with Gasteiger partial charge in [0.1, 0.15) is 0 Å². The van der Waals surface area contributed by atoms with Gasteiger partial charge in [0.2, 0.25) is 5.91 Å². The highest BCUT2D eigenvalue weighted by Crippen LogP contribution is 2.29. The Labute approximate surface area is 71.5 Å². The Morgan fingerprint density at radius 1 is 1.58 bits per heavy atom. The summed E-state index contributed by atoms with van der Waals surface area (Å²) in [5.41, 5.74) is 5.89. The van der Waals surface area contributed by atoms with Gasteiger partial charge in [-0.15, -0.1) is 0 Å². The third-order valence-electron chi connectivity index (χ3n) is 2.21. The molecule has 1 saturated carbocycles. The molecule has 1 aliphatic heterocycles. The van der Waals surface area contributed by atoms with Crippen LogP contribution in [0.2, 0.25) is 0 Å². The molecule has 2 rings (SSSR count). The third-order valence-corrected chi connectivity index (χ3v) is 2.21. The molecule has 3 nitrogen and oxygen atoms in total. The van der Waals surface area contributed by atoms with Crippen LogP contribution in [0, 0.1) is 0 Å².